The summed E-state index contributed by atoms with van der Waals surface area (Å²) in [4.78, 5) is 14.4. The molecular formula is C16H16N4O. The number of fused-ring (bicyclic) bond motifs is 1. The zero-order chi connectivity index (χ0) is 14.4. The van der Waals surface area contributed by atoms with Crippen molar-refractivity contribution in [2.75, 3.05) is 13.1 Å². The highest BCUT2D eigenvalue weighted by Crippen LogP contribution is 2.28. The Bertz CT molecular complexity index is 777. The second-order valence-corrected chi connectivity index (χ2v) is 5.55. The first-order valence-corrected chi connectivity index (χ1v) is 7.06. The lowest BCUT2D eigenvalue weighted by atomic mass is 9.95. The van der Waals surface area contributed by atoms with E-state index in [1.165, 1.54) is 5.69 Å². The molecule has 0 atom stereocenters. The minimum absolute atomic E-state index is 0.108. The molecule has 106 valence electrons. The number of nitrogens with zero attached hydrogens (tertiary/aromatic N) is 4. The van der Waals surface area contributed by atoms with E-state index in [9.17, 15) is 4.79 Å². The Labute approximate surface area is 122 Å². The van der Waals surface area contributed by atoms with Gasteiger partial charge in [0.15, 0.2) is 0 Å². The van der Waals surface area contributed by atoms with Crippen molar-refractivity contribution in [3.63, 3.8) is 0 Å². The van der Waals surface area contributed by atoms with E-state index in [4.69, 9.17) is 0 Å². The van der Waals surface area contributed by atoms with Crippen LogP contribution in [0.2, 0.25) is 0 Å². The number of aryl methyl sites for hydroxylation is 1. The van der Waals surface area contributed by atoms with Crippen LogP contribution in [0, 0.1) is 0 Å². The van der Waals surface area contributed by atoms with Gasteiger partial charge in [-0.2, -0.15) is 5.10 Å². The quantitative estimate of drug-likeness (QED) is 0.719. The summed E-state index contributed by atoms with van der Waals surface area (Å²) < 4.78 is 3.87. The first kappa shape index (κ1) is 12.2. The van der Waals surface area contributed by atoms with Crippen molar-refractivity contribution in [3.05, 3.63) is 60.2 Å². The Morgan fingerprint density at radius 2 is 2.14 bits per heavy atom. The van der Waals surface area contributed by atoms with Crippen molar-refractivity contribution in [1.29, 1.82) is 0 Å². The van der Waals surface area contributed by atoms with Gasteiger partial charge in [-0.1, -0.05) is 6.07 Å². The highest BCUT2D eigenvalue weighted by Gasteiger charge is 2.34. The van der Waals surface area contributed by atoms with Gasteiger partial charge in [0.1, 0.15) is 0 Å². The number of hydrogen-bond donors (Lipinski definition) is 0. The summed E-state index contributed by atoms with van der Waals surface area (Å²) in [6, 6.07) is 9.92. The molecule has 1 aliphatic heterocycles. The second kappa shape index (κ2) is 4.48. The molecule has 5 heteroatoms. The number of hydrogen-bond acceptors (Lipinski definition) is 2. The predicted molar refractivity (Wildman–Crippen MR) is 79.2 cm³/mol. The molecule has 1 saturated heterocycles. The average molecular weight is 280 g/mol. The van der Waals surface area contributed by atoms with Crippen LogP contribution in [0.5, 0.6) is 0 Å². The summed E-state index contributed by atoms with van der Waals surface area (Å²) in [6.45, 7) is 1.54. The Morgan fingerprint density at radius 1 is 1.29 bits per heavy atom. The van der Waals surface area contributed by atoms with Gasteiger partial charge < -0.3 is 9.30 Å². The highest BCUT2D eigenvalue weighted by atomic mass is 16.2. The predicted octanol–water partition coefficient (Wildman–Crippen LogP) is 1.91. The lowest BCUT2D eigenvalue weighted by Crippen LogP contribution is -2.48. The molecule has 0 radical (unpaired) electrons. The van der Waals surface area contributed by atoms with Crippen LogP contribution in [-0.2, 0) is 7.05 Å². The number of carbonyl (C=O) groups excluding carboxylic acids is 1. The van der Waals surface area contributed by atoms with E-state index in [1.807, 2.05) is 63.8 Å². The van der Waals surface area contributed by atoms with Gasteiger partial charge in [0.25, 0.3) is 5.91 Å². The third-order valence-corrected chi connectivity index (χ3v) is 4.20. The first-order valence-electron chi connectivity index (χ1n) is 7.06. The smallest absolute Gasteiger partial charge is 0.255 e. The normalized spacial score (nSPS) is 15.4. The molecule has 4 heterocycles. The molecule has 3 aromatic rings. The lowest BCUT2D eigenvalue weighted by molar-refractivity contribution is 0.0595. The number of carbonyl (C=O) groups is 1. The van der Waals surface area contributed by atoms with E-state index in [-0.39, 0.29) is 5.91 Å². The third kappa shape index (κ3) is 1.93. The fraction of sp³-hybridized carbons (Fsp3) is 0.250. The molecule has 0 aromatic carbocycles. The standard InChI is InChI=1S/C16H16N4O/c1-18-15(5-6-17-18)13-10-20(11-13)16(21)12-8-14-4-2-3-7-19(14)9-12/h2-9,13H,10-11H2,1H3. The van der Waals surface area contributed by atoms with Crippen LogP contribution < -0.4 is 0 Å². The Hall–Kier alpha value is -2.56. The van der Waals surface area contributed by atoms with Gasteiger partial charge in [0, 0.05) is 55.9 Å². The maximum atomic E-state index is 12.5. The van der Waals surface area contributed by atoms with Crippen molar-refractivity contribution in [2.45, 2.75) is 5.92 Å². The molecule has 1 aliphatic rings. The van der Waals surface area contributed by atoms with Crippen LogP contribution in [0.1, 0.15) is 22.0 Å². The summed E-state index contributed by atoms with van der Waals surface area (Å²) in [7, 11) is 1.94. The van der Waals surface area contributed by atoms with E-state index >= 15 is 0 Å². The molecule has 4 rings (SSSR count). The van der Waals surface area contributed by atoms with Gasteiger partial charge in [0.2, 0.25) is 0 Å². The van der Waals surface area contributed by atoms with E-state index < -0.39 is 0 Å². The molecule has 3 aromatic heterocycles. The fourth-order valence-electron chi connectivity index (χ4n) is 2.97. The zero-order valence-corrected chi connectivity index (χ0v) is 11.8. The van der Waals surface area contributed by atoms with Gasteiger partial charge in [-0.05, 0) is 24.3 Å². The number of amides is 1. The molecule has 21 heavy (non-hydrogen) atoms. The molecule has 5 nitrogen and oxygen atoms in total. The van der Waals surface area contributed by atoms with Crippen molar-refractivity contribution in [3.8, 4) is 0 Å². The van der Waals surface area contributed by atoms with Gasteiger partial charge in [-0.3, -0.25) is 9.48 Å². The monoisotopic (exact) mass is 280 g/mol. The van der Waals surface area contributed by atoms with Gasteiger partial charge >= 0.3 is 0 Å². The van der Waals surface area contributed by atoms with Crippen LogP contribution in [0.25, 0.3) is 5.52 Å². The first-order chi connectivity index (χ1) is 10.2. The van der Waals surface area contributed by atoms with Gasteiger partial charge in [-0.25, -0.2) is 0 Å². The average Bonchev–Trinajstić information content (AvgIpc) is 3.03. The van der Waals surface area contributed by atoms with Crippen molar-refractivity contribution < 1.29 is 4.79 Å². The van der Waals surface area contributed by atoms with Crippen LogP contribution in [0.4, 0.5) is 0 Å². The SMILES string of the molecule is Cn1nccc1C1CN(C(=O)c2cc3ccccn3c2)C1. The van der Waals surface area contributed by atoms with Crippen molar-refractivity contribution >= 4 is 11.4 Å². The van der Waals surface area contributed by atoms with Gasteiger partial charge in [0.05, 0.1) is 5.56 Å². The van der Waals surface area contributed by atoms with E-state index in [1.54, 1.807) is 6.20 Å². The Kier molecular flexibility index (Phi) is 2.60. The second-order valence-electron chi connectivity index (χ2n) is 5.55. The van der Waals surface area contributed by atoms with Crippen LogP contribution in [0.15, 0.2) is 48.9 Å². The maximum Gasteiger partial charge on any atom is 0.255 e. The molecule has 0 saturated carbocycles. The molecular weight excluding hydrogens is 264 g/mol. The molecule has 0 unspecified atom stereocenters. The summed E-state index contributed by atoms with van der Waals surface area (Å²) in [5.74, 6) is 0.510. The topological polar surface area (TPSA) is 42.5 Å². The number of aromatic nitrogens is 3. The van der Waals surface area contributed by atoms with Crippen molar-refractivity contribution in [1.82, 2.24) is 19.1 Å². The highest BCUT2D eigenvalue weighted by molar-refractivity contribution is 5.96. The van der Waals surface area contributed by atoms with Crippen LogP contribution in [-0.4, -0.2) is 38.1 Å². The molecule has 0 aliphatic carbocycles. The van der Waals surface area contributed by atoms with E-state index in [2.05, 4.69) is 5.10 Å². The minimum atomic E-state index is 0.108. The Morgan fingerprint density at radius 3 is 2.86 bits per heavy atom. The molecule has 1 fully saturated rings. The summed E-state index contributed by atoms with van der Waals surface area (Å²) in [5.41, 5.74) is 3.00. The number of likely N-dealkylation sites (tertiary alicyclic amines) is 1. The minimum Gasteiger partial charge on any atom is -0.337 e. The third-order valence-electron chi connectivity index (χ3n) is 4.20. The van der Waals surface area contributed by atoms with E-state index in [0.717, 1.165) is 24.2 Å². The number of pyridine rings is 1. The van der Waals surface area contributed by atoms with E-state index in [0.29, 0.717) is 5.92 Å². The largest absolute Gasteiger partial charge is 0.337 e. The number of rotatable bonds is 2. The summed E-state index contributed by atoms with van der Waals surface area (Å²) >= 11 is 0. The maximum absolute atomic E-state index is 12.5. The lowest BCUT2D eigenvalue weighted by Gasteiger charge is -2.39. The molecule has 0 N–H and O–H groups in total. The summed E-state index contributed by atoms with van der Waals surface area (Å²) in [5, 5.41) is 4.19. The zero-order valence-electron chi connectivity index (χ0n) is 11.8. The molecule has 0 spiro atoms. The Balaban J connectivity index is 1.51. The molecule has 0 bridgehead atoms. The van der Waals surface area contributed by atoms with Crippen LogP contribution in [0.3, 0.4) is 0 Å². The van der Waals surface area contributed by atoms with Crippen LogP contribution >= 0.6 is 0 Å². The fourth-order valence-corrected chi connectivity index (χ4v) is 2.97. The van der Waals surface area contributed by atoms with Gasteiger partial charge in [-0.15, -0.1) is 0 Å². The molecule has 1 amide bonds. The summed E-state index contributed by atoms with van der Waals surface area (Å²) in [6.07, 6.45) is 5.66. The van der Waals surface area contributed by atoms with Crippen molar-refractivity contribution in [2.24, 2.45) is 7.05 Å².